The van der Waals surface area contributed by atoms with Crippen molar-refractivity contribution < 1.29 is 0 Å². The van der Waals surface area contributed by atoms with Crippen LogP contribution < -0.4 is 11.5 Å². The zero-order chi connectivity index (χ0) is 25.3. The zero-order valence-corrected chi connectivity index (χ0v) is 20.4. The molecule has 0 saturated heterocycles. The molecule has 6 heteroatoms. The van der Waals surface area contributed by atoms with Crippen molar-refractivity contribution in [3.63, 3.8) is 0 Å². The van der Waals surface area contributed by atoms with Crippen LogP contribution in [-0.2, 0) is 0 Å². The van der Waals surface area contributed by atoms with E-state index in [1.165, 1.54) is 0 Å². The average molecular weight is 453 g/mol. The lowest BCUT2D eigenvalue weighted by molar-refractivity contribution is 0.561. The lowest BCUT2D eigenvalue weighted by Gasteiger charge is -2.12. The van der Waals surface area contributed by atoms with Gasteiger partial charge in [-0.2, -0.15) is 5.26 Å². The van der Waals surface area contributed by atoms with Crippen LogP contribution >= 0.6 is 0 Å². The molecule has 2 aromatic carbocycles. The first kappa shape index (κ1) is 26.0. The molecular formula is C28H32N6. The van der Waals surface area contributed by atoms with Gasteiger partial charge < -0.3 is 11.5 Å². The Kier molecular flexibility index (Phi) is 8.86. The molecule has 0 amide bonds. The van der Waals surface area contributed by atoms with Gasteiger partial charge in [-0.15, -0.1) is 0 Å². The molecule has 0 bridgehead atoms. The summed E-state index contributed by atoms with van der Waals surface area (Å²) in [6.45, 7) is 9.65. The van der Waals surface area contributed by atoms with E-state index in [0.717, 1.165) is 27.6 Å². The Bertz CT molecular complexity index is 1300. The molecule has 4 rings (SSSR count). The molecule has 6 nitrogen and oxygen atoms in total. The molecule has 0 aliphatic carbocycles. The summed E-state index contributed by atoms with van der Waals surface area (Å²) >= 11 is 0. The molecule has 0 radical (unpaired) electrons. The predicted molar refractivity (Wildman–Crippen MR) is 143 cm³/mol. The fourth-order valence-corrected chi connectivity index (χ4v) is 3.03. The minimum atomic E-state index is -0.153. The fourth-order valence-electron chi connectivity index (χ4n) is 3.03. The number of pyridine rings is 2. The Labute approximate surface area is 201 Å². The van der Waals surface area contributed by atoms with E-state index < -0.39 is 0 Å². The van der Waals surface area contributed by atoms with Crippen LogP contribution in [0.5, 0.6) is 0 Å². The maximum Gasteiger partial charge on any atom is 0.0712 e. The summed E-state index contributed by atoms with van der Waals surface area (Å²) in [6.07, 6.45) is 4.98. The minimum absolute atomic E-state index is 0.153. The second kappa shape index (κ2) is 11.6. The molecule has 0 aliphatic heterocycles. The topological polar surface area (TPSA) is 125 Å². The Balaban J connectivity index is 0.000000447. The molecule has 4 aromatic rings. The molecule has 5 N–H and O–H groups in total. The lowest BCUT2D eigenvalue weighted by Crippen LogP contribution is -2.07. The van der Waals surface area contributed by atoms with Gasteiger partial charge in [0.05, 0.1) is 34.9 Å². The van der Waals surface area contributed by atoms with E-state index in [1.54, 1.807) is 18.6 Å². The second-order valence-electron chi connectivity index (χ2n) is 8.43. The largest absolute Gasteiger partial charge is 0.397 e. The summed E-state index contributed by atoms with van der Waals surface area (Å²) in [7, 11) is 0. The number of aromatic nitrogens is 2. The first-order chi connectivity index (χ1) is 16.2. The molecule has 0 atom stereocenters. The number of fused-ring (bicyclic) bond motifs is 1. The van der Waals surface area contributed by atoms with E-state index in [1.807, 2.05) is 89.2 Å². The first-order valence-corrected chi connectivity index (χ1v) is 11.1. The number of nitrogens with two attached hydrogens (primary N) is 2. The Morgan fingerprint density at radius 1 is 0.912 bits per heavy atom. The molecule has 0 fully saturated rings. The predicted octanol–water partition coefficient (Wildman–Crippen LogP) is 6.46. The summed E-state index contributed by atoms with van der Waals surface area (Å²) in [5.41, 5.74) is 17.5. The monoisotopic (exact) mass is 452 g/mol. The highest BCUT2D eigenvalue weighted by molar-refractivity contribution is 6.20. The summed E-state index contributed by atoms with van der Waals surface area (Å²) in [5, 5.41) is 17.6. The van der Waals surface area contributed by atoms with E-state index in [9.17, 15) is 0 Å². The normalized spacial score (nSPS) is 10.2. The highest BCUT2D eigenvalue weighted by atomic mass is 14.7. The average Bonchev–Trinajstić information content (AvgIpc) is 2.85. The lowest BCUT2D eigenvalue weighted by atomic mass is 9.95. The van der Waals surface area contributed by atoms with E-state index in [-0.39, 0.29) is 5.41 Å². The number of hydrogen-bond acceptors (Lipinski definition) is 6. The van der Waals surface area contributed by atoms with Crippen molar-refractivity contribution in [3.8, 4) is 17.2 Å². The van der Waals surface area contributed by atoms with Crippen molar-refractivity contribution in [2.75, 3.05) is 11.5 Å². The number of nitrogens with zero attached hydrogens (tertiary/aromatic N) is 3. The van der Waals surface area contributed by atoms with E-state index in [0.29, 0.717) is 22.6 Å². The van der Waals surface area contributed by atoms with E-state index >= 15 is 0 Å². The van der Waals surface area contributed by atoms with Gasteiger partial charge in [0.25, 0.3) is 0 Å². The summed E-state index contributed by atoms with van der Waals surface area (Å²) in [5.74, 6) is 0. The SMILES string of the molecule is CC.CC(C)(C)C#N.N=C(c1ccccc1)c1c(N)cnc2ccc(-c3cncc(N)c3)cc12. The van der Waals surface area contributed by atoms with Gasteiger partial charge in [-0.05, 0) is 44.5 Å². The quantitative estimate of drug-likeness (QED) is 0.308. The Hall–Kier alpha value is -4.24. The molecule has 0 aliphatic rings. The van der Waals surface area contributed by atoms with Gasteiger partial charge in [-0.1, -0.05) is 50.2 Å². The molecule has 0 saturated carbocycles. The van der Waals surface area contributed by atoms with Crippen LogP contribution in [0.3, 0.4) is 0 Å². The second-order valence-corrected chi connectivity index (χ2v) is 8.43. The van der Waals surface area contributed by atoms with Gasteiger partial charge in [0.15, 0.2) is 0 Å². The minimum Gasteiger partial charge on any atom is -0.397 e. The number of nitrogen functional groups attached to an aromatic ring is 2. The van der Waals surface area contributed by atoms with Gasteiger partial charge in [0.2, 0.25) is 0 Å². The molecule has 0 spiro atoms. The van der Waals surface area contributed by atoms with Gasteiger partial charge in [-0.25, -0.2) is 0 Å². The third kappa shape index (κ3) is 6.63. The van der Waals surface area contributed by atoms with Crippen molar-refractivity contribution in [2.45, 2.75) is 34.6 Å². The Morgan fingerprint density at radius 3 is 2.15 bits per heavy atom. The maximum absolute atomic E-state index is 8.66. The number of anilines is 2. The molecule has 174 valence electrons. The third-order valence-corrected chi connectivity index (χ3v) is 4.64. The van der Waals surface area contributed by atoms with Gasteiger partial charge in [-0.3, -0.25) is 15.4 Å². The molecule has 34 heavy (non-hydrogen) atoms. The van der Waals surface area contributed by atoms with Crippen LogP contribution in [-0.4, -0.2) is 15.7 Å². The van der Waals surface area contributed by atoms with Gasteiger partial charge in [0.1, 0.15) is 0 Å². The van der Waals surface area contributed by atoms with Crippen molar-refractivity contribution >= 4 is 28.0 Å². The maximum atomic E-state index is 8.66. The highest BCUT2D eigenvalue weighted by Crippen LogP contribution is 2.30. The van der Waals surface area contributed by atoms with Gasteiger partial charge in [0, 0.05) is 39.9 Å². The smallest absolute Gasteiger partial charge is 0.0712 e. The zero-order valence-electron chi connectivity index (χ0n) is 20.4. The summed E-state index contributed by atoms with van der Waals surface area (Å²) in [6, 6.07) is 19.4. The van der Waals surface area contributed by atoms with Crippen molar-refractivity contribution in [1.82, 2.24) is 9.97 Å². The van der Waals surface area contributed by atoms with Crippen LogP contribution in [0.15, 0.2) is 73.2 Å². The molecule has 2 aromatic heterocycles. The standard InChI is InChI=1S/C21H17N5.C5H9N.C2H6/c22-16-8-15(10-25-11-16)14-6-7-19-17(9-14)20(18(23)12-26-19)21(24)13-4-2-1-3-5-13;1-5(2,3)4-6;1-2/h1-12,24H,22-23H2;1-3H3;1-2H3. The van der Waals surface area contributed by atoms with Crippen molar-refractivity contribution in [2.24, 2.45) is 5.41 Å². The van der Waals surface area contributed by atoms with Crippen LogP contribution in [0.4, 0.5) is 11.4 Å². The number of rotatable bonds is 3. The van der Waals surface area contributed by atoms with Crippen LogP contribution in [0, 0.1) is 22.2 Å². The van der Waals surface area contributed by atoms with Crippen LogP contribution in [0.25, 0.3) is 22.0 Å². The van der Waals surface area contributed by atoms with Crippen LogP contribution in [0.2, 0.25) is 0 Å². The van der Waals surface area contributed by atoms with E-state index in [2.05, 4.69) is 16.0 Å². The van der Waals surface area contributed by atoms with Crippen LogP contribution in [0.1, 0.15) is 45.7 Å². The fraction of sp³-hybridized carbons (Fsp3) is 0.214. The summed E-state index contributed by atoms with van der Waals surface area (Å²) < 4.78 is 0. The molecular weight excluding hydrogens is 420 g/mol. The number of benzene rings is 2. The number of nitrogens with one attached hydrogen (secondary N) is 1. The van der Waals surface area contributed by atoms with Gasteiger partial charge >= 0.3 is 0 Å². The number of nitriles is 1. The first-order valence-electron chi connectivity index (χ1n) is 11.1. The molecule has 2 heterocycles. The van der Waals surface area contributed by atoms with E-state index in [4.69, 9.17) is 22.1 Å². The van der Waals surface area contributed by atoms with Crippen molar-refractivity contribution in [3.05, 3.63) is 84.3 Å². The third-order valence-electron chi connectivity index (χ3n) is 4.64. The van der Waals surface area contributed by atoms with Crippen molar-refractivity contribution in [1.29, 1.82) is 10.7 Å². The molecule has 0 unspecified atom stereocenters. The summed E-state index contributed by atoms with van der Waals surface area (Å²) in [4.78, 5) is 8.56. The Morgan fingerprint density at radius 2 is 1.56 bits per heavy atom. The highest BCUT2D eigenvalue weighted by Gasteiger charge is 2.14. The number of hydrogen-bond donors (Lipinski definition) is 3.